The predicted octanol–water partition coefficient (Wildman–Crippen LogP) is 2.92. The Morgan fingerprint density at radius 3 is 2.56 bits per heavy atom. The zero-order valence-electron chi connectivity index (χ0n) is 6.49. The SMILES string of the molecule is C=C=C=C(C)C(C)CC. The molecule has 0 bridgehead atoms. The lowest BCUT2D eigenvalue weighted by molar-refractivity contribution is 0.657. The van der Waals surface area contributed by atoms with Crippen LogP contribution in [0.2, 0.25) is 0 Å². The van der Waals surface area contributed by atoms with E-state index < -0.39 is 0 Å². The van der Waals surface area contributed by atoms with E-state index in [2.05, 4.69) is 38.8 Å². The summed E-state index contributed by atoms with van der Waals surface area (Å²) in [7, 11) is 0. The van der Waals surface area contributed by atoms with E-state index in [1.165, 1.54) is 12.0 Å². The van der Waals surface area contributed by atoms with E-state index in [4.69, 9.17) is 0 Å². The van der Waals surface area contributed by atoms with E-state index in [0.717, 1.165) is 0 Å². The summed E-state index contributed by atoms with van der Waals surface area (Å²) in [5, 5.41) is 0. The summed E-state index contributed by atoms with van der Waals surface area (Å²) in [6.45, 7) is 9.87. The van der Waals surface area contributed by atoms with Crippen LogP contribution in [0.25, 0.3) is 0 Å². The number of hydrogen-bond acceptors (Lipinski definition) is 0. The second-order valence-corrected chi connectivity index (χ2v) is 2.29. The molecule has 0 spiro atoms. The Bertz CT molecular complexity index is 153. The van der Waals surface area contributed by atoms with Crippen LogP contribution in [-0.4, -0.2) is 0 Å². The average molecular weight is 122 g/mol. The van der Waals surface area contributed by atoms with E-state index in [0.29, 0.717) is 5.92 Å². The molecule has 9 heavy (non-hydrogen) atoms. The molecule has 1 atom stereocenters. The van der Waals surface area contributed by atoms with E-state index in [-0.39, 0.29) is 0 Å². The lowest BCUT2D eigenvalue weighted by atomic mass is 10.0. The quantitative estimate of drug-likeness (QED) is 0.494. The molecule has 0 fully saturated rings. The first-order valence-electron chi connectivity index (χ1n) is 3.33. The van der Waals surface area contributed by atoms with Crippen LogP contribution < -0.4 is 0 Å². The molecule has 0 aromatic rings. The molecule has 0 aliphatic rings. The van der Waals surface area contributed by atoms with Crippen molar-refractivity contribution in [3.63, 3.8) is 0 Å². The van der Waals surface area contributed by atoms with Crippen LogP contribution in [0.3, 0.4) is 0 Å². The molecule has 0 rings (SSSR count). The first-order chi connectivity index (χ1) is 4.22. The van der Waals surface area contributed by atoms with Gasteiger partial charge in [-0.25, -0.2) is 0 Å². The molecule has 0 amide bonds. The van der Waals surface area contributed by atoms with Gasteiger partial charge < -0.3 is 0 Å². The summed E-state index contributed by atoms with van der Waals surface area (Å²) in [5.74, 6) is 0.624. The van der Waals surface area contributed by atoms with Gasteiger partial charge in [0.2, 0.25) is 0 Å². The molecule has 0 radical (unpaired) electrons. The number of allylic oxidation sites excluding steroid dienone is 1. The molecule has 0 aliphatic carbocycles. The van der Waals surface area contributed by atoms with Gasteiger partial charge in [-0.1, -0.05) is 25.3 Å². The van der Waals surface area contributed by atoms with Gasteiger partial charge in [-0.3, -0.25) is 0 Å². The van der Waals surface area contributed by atoms with Crippen LogP contribution in [0.1, 0.15) is 27.2 Å². The third-order valence-corrected chi connectivity index (χ3v) is 1.64. The van der Waals surface area contributed by atoms with Crippen molar-refractivity contribution in [3.8, 4) is 0 Å². The molecule has 0 nitrogen and oxygen atoms in total. The minimum atomic E-state index is 0.624. The maximum Gasteiger partial charge on any atom is -0.0155 e. The summed E-state index contributed by atoms with van der Waals surface area (Å²) in [6, 6.07) is 0. The van der Waals surface area contributed by atoms with Gasteiger partial charge >= 0.3 is 0 Å². The minimum absolute atomic E-state index is 0.624. The Balaban J connectivity index is 4.19. The highest BCUT2D eigenvalue weighted by molar-refractivity contribution is 5.00. The van der Waals surface area contributed by atoms with E-state index in [1.54, 1.807) is 0 Å². The van der Waals surface area contributed by atoms with Gasteiger partial charge in [-0.05, 0) is 31.4 Å². The van der Waals surface area contributed by atoms with Crippen molar-refractivity contribution in [1.82, 2.24) is 0 Å². The molecule has 1 unspecified atom stereocenters. The van der Waals surface area contributed by atoms with Crippen LogP contribution in [-0.2, 0) is 0 Å². The first-order valence-corrected chi connectivity index (χ1v) is 3.33. The molecule has 0 aliphatic heterocycles. The molecular weight excluding hydrogens is 108 g/mol. The Hall–Kier alpha value is -0.700. The molecule has 0 saturated carbocycles. The molecular formula is C9H14. The largest absolute Gasteiger partial charge is 0.0782 e. The van der Waals surface area contributed by atoms with Crippen molar-refractivity contribution in [2.45, 2.75) is 27.2 Å². The van der Waals surface area contributed by atoms with Crippen LogP contribution in [0, 0.1) is 5.92 Å². The van der Waals surface area contributed by atoms with Crippen molar-refractivity contribution in [1.29, 1.82) is 0 Å². The van der Waals surface area contributed by atoms with E-state index >= 15 is 0 Å². The standard InChI is InChI=1S/C9H14/c1-5-7-9(4)8(3)6-2/h8H,1,6H2,2-4H3. The van der Waals surface area contributed by atoms with Crippen LogP contribution >= 0.6 is 0 Å². The van der Waals surface area contributed by atoms with Gasteiger partial charge in [0.1, 0.15) is 0 Å². The summed E-state index contributed by atoms with van der Waals surface area (Å²) >= 11 is 0. The van der Waals surface area contributed by atoms with Gasteiger partial charge in [0, 0.05) is 0 Å². The Morgan fingerprint density at radius 2 is 2.22 bits per heavy atom. The maximum absolute atomic E-state index is 3.46. The topological polar surface area (TPSA) is 0 Å². The van der Waals surface area contributed by atoms with Gasteiger partial charge in [0.15, 0.2) is 0 Å². The third kappa shape index (κ3) is 2.98. The van der Waals surface area contributed by atoms with E-state index in [1.807, 2.05) is 0 Å². The Labute approximate surface area is 57.6 Å². The fourth-order valence-corrected chi connectivity index (χ4v) is 0.569. The fourth-order valence-electron chi connectivity index (χ4n) is 0.569. The molecule has 0 saturated heterocycles. The minimum Gasteiger partial charge on any atom is -0.0782 e. The highest BCUT2D eigenvalue weighted by atomic mass is 14.0. The van der Waals surface area contributed by atoms with Crippen molar-refractivity contribution in [2.24, 2.45) is 5.92 Å². The zero-order chi connectivity index (χ0) is 7.28. The lowest BCUT2D eigenvalue weighted by Crippen LogP contribution is -1.90. The summed E-state index contributed by atoms with van der Waals surface area (Å²) in [6.07, 6.45) is 1.17. The number of hydrogen-bond donors (Lipinski definition) is 0. The van der Waals surface area contributed by atoms with Gasteiger partial charge in [-0.15, -0.1) is 0 Å². The monoisotopic (exact) mass is 122 g/mol. The van der Waals surface area contributed by atoms with Crippen molar-refractivity contribution in [2.75, 3.05) is 0 Å². The van der Waals surface area contributed by atoms with Gasteiger partial charge in [-0.2, -0.15) is 0 Å². The predicted molar refractivity (Wildman–Crippen MR) is 41.3 cm³/mol. The van der Waals surface area contributed by atoms with Crippen LogP contribution in [0.15, 0.2) is 23.6 Å². The lowest BCUT2D eigenvalue weighted by Gasteiger charge is -2.03. The van der Waals surface area contributed by atoms with Crippen molar-refractivity contribution >= 4 is 0 Å². The molecule has 0 N–H and O–H groups in total. The van der Waals surface area contributed by atoms with Gasteiger partial charge in [0.25, 0.3) is 0 Å². The Morgan fingerprint density at radius 1 is 1.67 bits per heavy atom. The van der Waals surface area contributed by atoms with E-state index in [9.17, 15) is 0 Å². The first kappa shape index (κ1) is 8.30. The van der Waals surface area contributed by atoms with Crippen molar-refractivity contribution in [3.05, 3.63) is 23.6 Å². The average Bonchev–Trinajstić information content (AvgIpc) is 1.87. The molecule has 0 heterocycles. The highest BCUT2D eigenvalue weighted by Crippen LogP contribution is 2.10. The summed E-state index contributed by atoms with van der Waals surface area (Å²) < 4.78 is 0. The molecule has 0 aromatic carbocycles. The Kier molecular flexibility index (Phi) is 3.88. The molecule has 0 heteroatoms. The fraction of sp³-hybridized carbons (Fsp3) is 0.556. The second kappa shape index (κ2) is 4.21. The van der Waals surface area contributed by atoms with Gasteiger partial charge in [0.05, 0.1) is 0 Å². The van der Waals surface area contributed by atoms with Crippen molar-refractivity contribution < 1.29 is 0 Å². The molecule has 0 aromatic heterocycles. The zero-order valence-corrected chi connectivity index (χ0v) is 6.49. The number of rotatable bonds is 2. The summed E-state index contributed by atoms with van der Waals surface area (Å²) in [4.78, 5) is 0. The smallest absolute Gasteiger partial charge is 0.0155 e. The summed E-state index contributed by atoms with van der Waals surface area (Å²) in [5.41, 5.74) is 6.84. The second-order valence-electron chi connectivity index (χ2n) is 2.29. The third-order valence-electron chi connectivity index (χ3n) is 1.64. The highest BCUT2D eigenvalue weighted by Gasteiger charge is 1.97. The molecule has 50 valence electrons. The van der Waals surface area contributed by atoms with Crippen LogP contribution in [0.5, 0.6) is 0 Å². The normalized spacial score (nSPS) is 11.4. The maximum atomic E-state index is 3.46. The van der Waals surface area contributed by atoms with Crippen LogP contribution in [0.4, 0.5) is 0 Å².